The third kappa shape index (κ3) is 6.69. The van der Waals surface area contributed by atoms with E-state index in [1.54, 1.807) is 0 Å². The maximum Gasteiger partial charge on any atom is 0.412 e. The van der Waals surface area contributed by atoms with Gasteiger partial charge in [0, 0.05) is 0 Å². The first kappa shape index (κ1) is 26.6. The Morgan fingerprint density at radius 3 is 2.53 bits per heavy atom. The zero-order valence-electron chi connectivity index (χ0n) is 18.5. The molecule has 15 nitrogen and oxygen atoms in total. The van der Waals surface area contributed by atoms with Crippen LogP contribution in [0.15, 0.2) is 11.0 Å². The molecule has 34 heavy (non-hydrogen) atoms. The van der Waals surface area contributed by atoms with Crippen molar-refractivity contribution in [3.63, 3.8) is 0 Å². The molecule has 0 saturated carbocycles. The summed E-state index contributed by atoms with van der Waals surface area (Å²) in [4.78, 5) is 37.3. The highest BCUT2D eigenvalue weighted by Gasteiger charge is 2.42. The minimum absolute atomic E-state index is 0.0185. The number of rotatable bonds is 7. The number of H-pyrrole nitrogens is 1. The molecule has 0 aliphatic carbocycles. The molecule has 2 amide bonds. The number of carbonyl (C=O) groups is 2. The van der Waals surface area contributed by atoms with Gasteiger partial charge in [0.1, 0.15) is 12.2 Å². The number of hydrogen-bond acceptors (Lipinski definition) is 11. The third-order valence-electron chi connectivity index (χ3n) is 4.67. The second-order valence-corrected chi connectivity index (χ2v) is 7.23. The standard InChI is InChI=1S/C15H22FN3O6.C3H5N5O/c1-3-4-5-6-24-15(23)18-12-9(16)7-19(14(22)17-12)13-11(21)10(20)8(2)25-13;4-2-1(3(5)9)6-8-7-2/h7-8,10-11,13,20-21H,3-6H2,1-2H3,(H,17,18,22,23);(H2,5,9)(H3,4,6,7,8)/t8-,10-,11-,13-;/m1./s1. The van der Waals surface area contributed by atoms with Gasteiger partial charge in [0.15, 0.2) is 29.4 Å². The molecule has 1 fully saturated rings. The Hall–Kier alpha value is -3.63. The van der Waals surface area contributed by atoms with Crippen LogP contribution in [0.2, 0.25) is 0 Å². The summed E-state index contributed by atoms with van der Waals surface area (Å²) in [5.41, 5.74) is 8.98. The first-order valence-corrected chi connectivity index (χ1v) is 10.3. The van der Waals surface area contributed by atoms with E-state index < -0.39 is 53.9 Å². The van der Waals surface area contributed by atoms with E-state index in [1.807, 2.05) is 6.92 Å². The van der Waals surface area contributed by atoms with E-state index in [-0.39, 0.29) is 18.1 Å². The number of aliphatic hydroxyl groups is 2. The van der Waals surface area contributed by atoms with Crippen LogP contribution < -0.4 is 22.5 Å². The minimum atomic E-state index is -1.41. The normalized spacial score (nSPS) is 21.4. The monoisotopic (exact) mass is 486 g/mol. The largest absolute Gasteiger partial charge is 0.449 e. The van der Waals surface area contributed by atoms with Crippen molar-refractivity contribution in [2.75, 3.05) is 17.7 Å². The number of anilines is 2. The van der Waals surface area contributed by atoms with Crippen molar-refractivity contribution in [1.82, 2.24) is 25.0 Å². The molecule has 0 aromatic carbocycles. The first-order chi connectivity index (χ1) is 16.1. The van der Waals surface area contributed by atoms with Crippen molar-refractivity contribution in [2.24, 2.45) is 5.73 Å². The van der Waals surface area contributed by atoms with E-state index in [0.29, 0.717) is 6.42 Å². The molecule has 0 unspecified atom stereocenters. The number of nitrogens with zero attached hydrogens (tertiary/aromatic N) is 4. The van der Waals surface area contributed by atoms with Crippen LogP contribution in [0.25, 0.3) is 0 Å². The highest BCUT2D eigenvalue weighted by Crippen LogP contribution is 2.28. The number of unbranched alkanes of at least 4 members (excludes halogenated alkanes) is 2. The van der Waals surface area contributed by atoms with Crippen molar-refractivity contribution in [2.45, 2.75) is 57.6 Å². The van der Waals surface area contributed by atoms with Gasteiger partial charge in [-0.2, -0.15) is 10.2 Å². The van der Waals surface area contributed by atoms with Crippen molar-refractivity contribution in [3.05, 3.63) is 28.2 Å². The zero-order chi connectivity index (χ0) is 25.4. The van der Waals surface area contributed by atoms with Crippen LogP contribution in [0, 0.1) is 5.82 Å². The zero-order valence-corrected chi connectivity index (χ0v) is 18.5. The second kappa shape index (κ2) is 12.0. The van der Waals surface area contributed by atoms with Gasteiger partial charge < -0.3 is 31.2 Å². The molecule has 3 rings (SSSR count). The SMILES string of the molecule is CCCCCOC(=O)Nc1nc(=O)n([C@@H]2O[C@H](C)[C@@H](O)[C@H]2O)cc1F.NC(=O)c1n[nH]nc1N. The fourth-order valence-electron chi connectivity index (χ4n) is 2.84. The number of nitrogens with two attached hydrogens (primary N) is 2. The van der Waals surface area contributed by atoms with Crippen molar-refractivity contribution in [3.8, 4) is 0 Å². The molecule has 188 valence electrons. The number of hydrogen-bond donors (Lipinski definition) is 6. The van der Waals surface area contributed by atoms with Gasteiger partial charge in [-0.05, 0) is 13.3 Å². The number of primary amides is 1. The molecule has 1 aliphatic heterocycles. The number of amides is 2. The summed E-state index contributed by atoms with van der Waals surface area (Å²) in [5.74, 6) is -2.23. The highest BCUT2D eigenvalue weighted by molar-refractivity contribution is 5.94. The van der Waals surface area contributed by atoms with Gasteiger partial charge in [-0.1, -0.05) is 19.8 Å². The maximum absolute atomic E-state index is 14.1. The van der Waals surface area contributed by atoms with Gasteiger partial charge in [-0.25, -0.2) is 14.0 Å². The van der Waals surface area contributed by atoms with Crippen LogP contribution in [-0.4, -0.2) is 72.1 Å². The molecular formula is C18H27FN8O7. The summed E-state index contributed by atoms with van der Waals surface area (Å²) in [7, 11) is 0. The highest BCUT2D eigenvalue weighted by atomic mass is 19.1. The number of carbonyl (C=O) groups excluding carboxylic acids is 2. The Morgan fingerprint density at radius 1 is 1.32 bits per heavy atom. The van der Waals surface area contributed by atoms with Crippen molar-refractivity contribution in [1.29, 1.82) is 0 Å². The molecule has 16 heteroatoms. The number of ether oxygens (including phenoxy) is 2. The topological polar surface area (TPSA) is 234 Å². The van der Waals surface area contributed by atoms with Crippen LogP contribution in [0.4, 0.5) is 20.8 Å². The molecule has 2 aromatic rings. The van der Waals surface area contributed by atoms with E-state index in [1.165, 1.54) is 6.92 Å². The molecule has 1 aliphatic rings. The van der Waals surface area contributed by atoms with Gasteiger partial charge in [-0.3, -0.25) is 14.7 Å². The fraction of sp³-hybridized carbons (Fsp3) is 0.556. The summed E-state index contributed by atoms with van der Waals surface area (Å²) in [6.07, 6.45) is -2.25. The predicted octanol–water partition coefficient (Wildman–Crippen LogP) is -0.754. The lowest BCUT2D eigenvalue weighted by Crippen LogP contribution is -2.36. The summed E-state index contributed by atoms with van der Waals surface area (Å²) in [5, 5.41) is 30.5. The predicted molar refractivity (Wildman–Crippen MR) is 114 cm³/mol. The number of aromatic nitrogens is 5. The third-order valence-corrected chi connectivity index (χ3v) is 4.67. The summed E-state index contributed by atoms with van der Waals surface area (Å²) < 4.78 is 24.9. The molecule has 2 aromatic heterocycles. The minimum Gasteiger partial charge on any atom is -0.449 e. The Bertz CT molecular complexity index is 1050. The van der Waals surface area contributed by atoms with Gasteiger partial charge in [-0.15, -0.1) is 10.2 Å². The molecule has 1 saturated heterocycles. The summed E-state index contributed by atoms with van der Waals surface area (Å²) in [6, 6.07) is 0. The molecule has 3 heterocycles. The van der Waals surface area contributed by atoms with Crippen molar-refractivity contribution >= 4 is 23.6 Å². The lowest BCUT2D eigenvalue weighted by molar-refractivity contribution is -0.0355. The van der Waals surface area contributed by atoms with E-state index in [2.05, 4.69) is 25.7 Å². The smallest absolute Gasteiger partial charge is 0.412 e. The lowest BCUT2D eigenvalue weighted by Gasteiger charge is -2.17. The number of nitrogen functional groups attached to an aromatic ring is 1. The van der Waals surface area contributed by atoms with Gasteiger partial charge in [0.2, 0.25) is 0 Å². The van der Waals surface area contributed by atoms with Crippen LogP contribution in [0.3, 0.4) is 0 Å². The Morgan fingerprint density at radius 2 is 2.03 bits per heavy atom. The van der Waals surface area contributed by atoms with E-state index >= 15 is 0 Å². The second-order valence-electron chi connectivity index (χ2n) is 7.23. The van der Waals surface area contributed by atoms with E-state index in [4.69, 9.17) is 20.9 Å². The molecular weight excluding hydrogens is 459 g/mol. The first-order valence-electron chi connectivity index (χ1n) is 10.3. The number of halogens is 1. The van der Waals surface area contributed by atoms with Gasteiger partial charge >= 0.3 is 11.8 Å². The maximum atomic E-state index is 14.1. The number of aromatic amines is 1. The van der Waals surface area contributed by atoms with E-state index in [9.17, 15) is 29.0 Å². The molecule has 0 bridgehead atoms. The van der Waals surface area contributed by atoms with E-state index in [0.717, 1.165) is 23.6 Å². The fourth-order valence-corrected chi connectivity index (χ4v) is 2.84. The number of aliphatic hydroxyl groups excluding tert-OH is 2. The average molecular weight is 486 g/mol. The lowest BCUT2D eigenvalue weighted by atomic mass is 10.1. The molecule has 8 N–H and O–H groups in total. The Balaban J connectivity index is 0.000000379. The summed E-state index contributed by atoms with van der Waals surface area (Å²) in [6.45, 7) is 3.68. The number of nitrogens with one attached hydrogen (secondary N) is 2. The molecule has 0 radical (unpaired) electrons. The Labute approximate surface area is 192 Å². The quantitative estimate of drug-likeness (QED) is 0.266. The van der Waals surface area contributed by atoms with Crippen LogP contribution in [0.5, 0.6) is 0 Å². The molecule has 0 spiro atoms. The van der Waals surface area contributed by atoms with Crippen molar-refractivity contribution < 1.29 is 33.7 Å². The van der Waals surface area contributed by atoms with Gasteiger partial charge in [0.25, 0.3) is 5.91 Å². The molecule has 4 atom stereocenters. The summed E-state index contributed by atoms with van der Waals surface area (Å²) >= 11 is 0. The van der Waals surface area contributed by atoms with Gasteiger partial charge in [0.05, 0.1) is 18.9 Å². The van der Waals surface area contributed by atoms with Crippen LogP contribution >= 0.6 is 0 Å². The Kier molecular flexibility index (Phi) is 9.40. The average Bonchev–Trinajstić information content (AvgIpc) is 3.32. The van der Waals surface area contributed by atoms with Crippen LogP contribution in [0.1, 0.15) is 49.8 Å². The van der Waals surface area contributed by atoms with Crippen LogP contribution in [-0.2, 0) is 9.47 Å².